The van der Waals surface area contributed by atoms with Crippen LogP contribution in [-0.4, -0.2) is 16.3 Å². The van der Waals surface area contributed by atoms with Crippen molar-refractivity contribution in [3.8, 4) is 16.9 Å². The van der Waals surface area contributed by atoms with E-state index < -0.39 is 11.7 Å². The van der Waals surface area contributed by atoms with Crippen molar-refractivity contribution >= 4 is 29.0 Å². The van der Waals surface area contributed by atoms with Gasteiger partial charge in [-0.3, -0.25) is 0 Å². The molecular formula is C20H16Cl2F3N3. The van der Waals surface area contributed by atoms with Crippen LogP contribution in [0, 0.1) is 0 Å². The number of rotatable bonds is 2. The summed E-state index contributed by atoms with van der Waals surface area (Å²) in [6.45, 7) is 0.749. The van der Waals surface area contributed by atoms with Crippen LogP contribution in [0.25, 0.3) is 16.9 Å². The summed E-state index contributed by atoms with van der Waals surface area (Å²) in [4.78, 5) is 0. The minimum Gasteiger partial charge on any atom is -0.370 e. The lowest BCUT2D eigenvalue weighted by molar-refractivity contribution is -0.137. The van der Waals surface area contributed by atoms with E-state index in [9.17, 15) is 13.2 Å². The van der Waals surface area contributed by atoms with E-state index in [0.29, 0.717) is 33.4 Å². The molecule has 8 heteroatoms. The summed E-state index contributed by atoms with van der Waals surface area (Å²) >= 11 is 12.5. The molecular weight excluding hydrogens is 410 g/mol. The van der Waals surface area contributed by atoms with Crippen LogP contribution in [0.1, 0.15) is 24.0 Å². The van der Waals surface area contributed by atoms with Crippen LogP contribution >= 0.6 is 23.2 Å². The molecule has 0 aliphatic carbocycles. The van der Waals surface area contributed by atoms with Gasteiger partial charge in [-0.25, -0.2) is 4.68 Å². The minimum absolute atomic E-state index is 0.423. The van der Waals surface area contributed by atoms with Gasteiger partial charge in [-0.05, 0) is 49.6 Å². The fraction of sp³-hybridized carbons (Fsp3) is 0.250. The van der Waals surface area contributed by atoms with Crippen molar-refractivity contribution in [1.29, 1.82) is 0 Å². The van der Waals surface area contributed by atoms with E-state index in [-0.39, 0.29) is 0 Å². The van der Waals surface area contributed by atoms with E-state index >= 15 is 0 Å². The number of hydrogen-bond acceptors (Lipinski definition) is 2. The number of aromatic nitrogens is 2. The highest BCUT2D eigenvalue weighted by Gasteiger charge is 2.31. The zero-order chi connectivity index (χ0) is 19.9. The first-order valence-corrected chi connectivity index (χ1v) is 9.59. The van der Waals surface area contributed by atoms with Gasteiger partial charge in [0.05, 0.1) is 22.0 Å². The van der Waals surface area contributed by atoms with Gasteiger partial charge in [-0.15, -0.1) is 0 Å². The predicted molar refractivity (Wildman–Crippen MR) is 105 cm³/mol. The van der Waals surface area contributed by atoms with Crippen molar-refractivity contribution in [3.05, 3.63) is 63.6 Å². The molecule has 0 bridgehead atoms. The topological polar surface area (TPSA) is 29.9 Å². The number of anilines is 1. The lowest BCUT2D eigenvalue weighted by Gasteiger charge is -2.11. The number of alkyl halides is 3. The summed E-state index contributed by atoms with van der Waals surface area (Å²) in [5.74, 6) is 0.745. The largest absolute Gasteiger partial charge is 0.416 e. The van der Waals surface area contributed by atoms with Crippen LogP contribution in [0.5, 0.6) is 0 Å². The van der Waals surface area contributed by atoms with Crippen molar-refractivity contribution in [3.63, 3.8) is 0 Å². The number of fused-ring (bicyclic) bond motifs is 1. The third kappa shape index (κ3) is 3.59. The minimum atomic E-state index is -4.41. The van der Waals surface area contributed by atoms with Gasteiger partial charge in [-0.1, -0.05) is 35.3 Å². The Morgan fingerprint density at radius 2 is 1.86 bits per heavy atom. The monoisotopic (exact) mass is 425 g/mol. The standard InChI is InChI=1S/C20H16Cl2F3N3/c21-14-7-8-16(22)17(11-14)28-19-15(6-1-2-9-26-19)18(27-28)12-4-3-5-13(10-12)20(23,24)25/h3-5,7-8,10-11,26H,1-2,6,9H2. The molecule has 0 radical (unpaired) electrons. The maximum atomic E-state index is 13.2. The molecule has 1 N–H and O–H groups in total. The molecule has 2 heterocycles. The molecule has 0 spiro atoms. The van der Waals surface area contributed by atoms with Crippen LogP contribution in [0.4, 0.5) is 19.0 Å². The molecule has 3 aromatic rings. The van der Waals surface area contributed by atoms with E-state index in [2.05, 4.69) is 10.4 Å². The highest BCUT2D eigenvalue weighted by molar-refractivity contribution is 6.34. The second-order valence-electron chi connectivity index (χ2n) is 6.65. The Hall–Kier alpha value is -2.18. The molecule has 0 unspecified atom stereocenters. The average molecular weight is 426 g/mol. The van der Waals surface area contributed by atoms with Gasteiger partial charge in [0.25, 0.3) is 0 Å². The SMILES string of the molecule is FC(F)(F)c1cccc(-c2nn(-c3cc(Cl)ccc3Cl)c3c2CCCCN3)c1. The summed E-state index contributed by atoms with van der Waals surface area (Å²) in [6.07, 6.45) is -1.82. The summed E-state index contributed by atoms with van der Waals surface area (Å²) in [5.41, 5.74) is 1.71. The molecule has 0 saturated heterocycles. The molecule has 1 aliphatic heterocycles. The van der Waals surface area contributed by atoms with E-state index in [1.165, 1.54) is 6.07 Å². The van der Waals surface area contributed by atoms with Crippen molar-refractivity contribution in [2.75, 3.05) is 11.9 Å². The third-order valence-electron chi connectivity index (χ3n) is 4.73. The first-order valence-electron chi connectivity index (χ1n) is 8.83. The number of halogens is 5. The first-order chi connectivity index (χ1) is 13.3. The van der Waals surface area contributed by atoms with Crippen LogP contribution in [-0.2, 0) is 12.6 Å². The molecule has 146 valence electrons. The third-order valence-corrected chi connectivity index (χ3v) is 5.28. The zero-order valence-corrected chi connectivity index (χ0v) is 16.2. The van der Waals surface area contributed by atoms with E-state index in [4.69, 9.17) is 23.2 Å². The summed E-state index contributed by atoms with van der Waals surface area (Å²) in [7, 11) is 0. The first kappa shape index (κ1) is 19.2. The van der Waals surface area contributed by atoms with E-state index in [1.807, 2.05) is 0 Å². The maximum absolute atomic E-state index is 13.2. The smallest absolute Gasteiger partial charge is 0.370 e. The normalized spacial score (nSPS) is 14.3. The van der Waals surface area contributed by atoms with Crippen molar-refractivity contribution in [2.24, 2.45) is 0 Å². The lowest BCUT2D eigenvalue weighted by Crippen LogP contribution is -2.07. The molecule has 0 atom stereocenters. The Balaban J connectivity index is 1.92. The Bertz CT molecular complexity index is 1030. The molecule has 4 rings (SSSR count). The van der Waals surface area contributed by atoms with Gasteiger partial charge >= 0.3 is 6.18 Å². The Kier molecular flexibility index (Phi) is 5.02. The Morgan fingerprint density at radius 3 is 2.64 bits per heavy atom. The van der Waals surface area contributed by atoms with Crippen molar-refractivity contribution < 1.29 is 13.2 Å². The van der Waals surface area contributed by atoms with Gasteiger partial charge in [0.15, 0.2) is 0 Å². The van der Waals surface area contributed by atoms with Gasteiger partial charge in [0.1, 0.15) is 5.82 Å². The lowest BCUT2D eigenvalue weighted by atomic mass is 10.0. The molecule has 0 saturated carbocycles. The van der Waals surface area contributed by atoms with Crippen LogP contribution in [0.2, 0.25) is 10.0 Å². The summed E-state index contributed by atoms with van der Waals surface area (Å²) in [6, 6.07) is 10.3. The summed E-state index contributed by atoms with van der Waals surface area (Å²) < 4.78 is 41.2. The highest BCUT2D eigenvalue weighted by atomic mass is 35.5. The molecule has 0 amide bonds. The number of benzene rings is 2. The zero-order valence-electron chi connectivity index (χ0n) is 14.7. The van der Waals surface area contributed by atoms with Crippen LogP contribution in [0.3, 0.4) is 0 Å². The quantitative estimate of drug-likeness (QED) is 0.500. The second-order valence-corrected chi connectivity index (χ2v) is 7.49. The number of nitrogens with zero attached hydrogens (tertiary/aromatic N) is 2. The van der Waals surface area contributed by atoms with Crippen LogP contribution < -0.4 is 5.32 Å². The van der Waals surface area contributed by atoms with Gasteiger partial charge < -0.3 is 5.32 Å². The van der Waals surface area contributed by atoms with E-state index in [1.54, 1.807) is 28.9 Å². The molecule has 1 aliphatic rings. The molecule has 1 aromatic heterocycles. The average Bonchev–Trinajstić information content (AvgIpc) is 2.84. The second kappa shape index (κ2) is 7.33. The summed E-state index contributed by atoms with van der Waals surface area (Å²) in [5, 5.41) is 8.95. The van der Waals surface area contributed by atoms with Crippen molar-refractivity contribution in [1.82, 2.24) is 9.78 Å². The Morgan fingerprint density at radius 1 is 1.04 bits per heavy atom. The molecule has 2 aromatic carbocycles. The maximum Gasteiger partial charge on any atom is 0.416 e. The van der Waals surface area contributed by atoms with Gasteiger partial charge in [0.2, 0.25) is 0 Å². The molecule has 28 heavy (non-hydrogen) atoms. The molecule has 0 fully saturated rings. The molecule has 3 nitrogen and oxygen atoms in total. The Labute approximate surface area is 170 Å². The van der Waals surface area contributed by atoms with Crippen molar-refractivity contribution in [2.45, 2.75) is 25.4 Å². The van der Waals surface area contributed by atoms with Crippen LogP contribution in [0.15, 0.2) is 42.5 Å². The number of hydrogen-bond donors (Lipinski definition) is 1. The number of nitrogens with one attached hydrogen (secondary N) is 1. The van der Waals surface area contributed by atoms with E-state index in [0.717, 1.165) is 42.9 Å². The fourth-order valence-electron chi connectivity index (χ4n) is 3.40. The van der Waals surface area contributed by atoms with Gasteiger partial charge in [-0.2, -0.15) is 18.3 Å². The fourth-order valence-corrected chi connectivity index (χ4v) is 3.76. The highest BCUT2D eigenvalue weighted by Crippen LogP contribution is 2.38. The predicted octanol–water partition coefficient (Wildman–Crippen LogP) is 6.61. The van der Waals surface area contributed by atoms with Gasteiger partial charge in [0, 0.05) is 22.7 Å².